The molecular weight excluding hydrogens is 476 g/mol. The molecule has 2 rings (SSSR count). The Morgan fingerprint density at radius 2 is 1.06 bits per heavy atom. The third-order valence-corrected chi connectivity index (χ3v) is 6.99. The summed E-state index contributed by atoms with van der Waals surface area (Å²) in [4.78, 5) is 0. The van der Waals surface area contributed by atoms with Gasteiger partial charge in [-0.25, -0.2) is 0 Å². The molecule has 214 valence electrons. The summed E-state index contributed by atoms with van der Waals surface area (Å²) < 4.78 is 22.1. The van der Waals surface area contributed by atoms with E-state index in [0.717, 1.165) is 19.3 Å². The minimum Gasteiger partial charge on any atom is -0.394 e. The first-order valence-corrected chi connectivity index (χ1v) is 13.6. The topological polar surface area (TPSA) is 179 Å². The zero-order valence-electron chi connectivity index (χ0n) is 21.4. The Balaban J connectivity index is 1.71. The number of hydrogen-bond acceptors (Lipinski definition) is 11. The molecule has 0 radical (unpaired) electrons. The van der Waals surface area contributed by atoms with Crippen LogP contribution in [0.2, 0.25) is 0 Å². The number of rotatable bonds is 17. The van der Waals surface area contributed by atoms with Crippen LogP contribution in [0.5, 0.6) is 0 Å². The molecule has 0 spiro atoms. The van der Waals surface area contributed by atoms with Crippen molar-refractivity contribution in [1.82, 2.24) is 0 Å². The lowest BCUT2D eigenvalue weighted by Gasteiger charge is -2.45. The molecule has 0 aromatic heterocycles. The quantitative estimate of drug-likeness (QED) is 0.127. The third kappa shape index (κ3) is 9.39. The van der Waals surface area contributed by atoms with Crippen molar-refractivity contribution in [1.29, 1.82) is 0 Å². The van der Waals surface area contributed by atoms with Gasteiger partial charge in [-0.2, -0.15) is 0 Å². The zero-order chi connectivity index (χ0) is 26.5. The second kappa shape index (κ2) is 17.2. The highest BCUT2D eigenvalue weighted by Crippen LogP contribution is 2.29. The molecule has 11 heteroatoms. The van der Waals surface area contributed by atoms with Gasteiger partial charge in [0, 0.05) is 6.61 Å². The SMILES string of the molecule is CCCCCCCCCCCCCO[C@@H]1O[C@H](CO)[C@@H](O[C@@H]2O[C@@H](CO)[C@H](O)[C@@H](O)[C@@H]2O)[C@H](O)[C@H]1O. The highest BCUT2D eigenvalue weighted by molar-refractivity contribution is 4.94. The predicted octanol–water partition coefficient (Wildman–Crippen LogP) is -0.0619. The first kappa shape index (κ1) is 31.8. The Hall–Kier alpha value is -0.440. The molecule has 2 saturated heterocycles. The summed E-state index contributed by atoms with van der Waals surface area (Å²) in [5.41, 5.74) is 0. The number of unbranched alkanes of at least 4 members (excludes halogenated alkanes) is 10. The molecule has 0 aromatic rings. The average Bonchev–Trinajstić information content (AvgIpc) is 2.88. The van der Waals surface area contributed by atoms with Gasteiger partial charge in [0.05, 0.1) is 13.2 Å². The predicted molar refractivity (Wildman–Crippen MR) is 129 cm³/mol. The molecule has 36 heavy (non-hydrogen) atoms. The van der Waals surface area contributed by atoms with Gasteiger partial charge in [-0.3, -0.25) is 0 Å². The summed E-state index contributed by atoms with van der Waals surface area (Å²) in [5, 5.41) is 70.2. The smallest absolute Gasteiger partial charge is 0.187 e. The van der Waals surface area contributed by atoms with Crippen molar-refractivity contribution in [3.63, 3.8) is 0 Å². The van der Waals surface area contributed by atoms with Gasteiger partial charge >= 0.3 is 0 Å². The number of hydrogen-bond donors (Lipinski definition) is 7. The van der Waals surface area contributed by atoms with Crippen LogP contribution >= 0.6 is 0 Å². The Labute approximate surface area is 214 Å². The second-order valence-corrected chi connectivity index (χ2v) is 9.91. The minimum atomic E-state index is -1.69. The maximum Gasteiger partial charge on any atom is 0.187 e. The minimum absolute atomic E-state index is 0.321. The van der Waals surface area contributed by atoms with Crippen LogP contribution in [-0.4, -0.2) is 117 Å². The summed E-state index contributed by atoms with van der Waals surface area (Å²) >= 11 is 0. The van der Waals surface area contributed by atoms with Crippen LogP contribution in [0.15, 0.2) is 0 Å². The van der Waals surface area contributed by atoms with E-state index in [1.807, 2.05) is 0 Å². The fourth-order valence-corrected chi connectivity index (χ4v) is 4.66. The van der Waals surface area contributed by atoms with E-state index in [9.17, 15) is 35.7 Å². The first-order chi connectivity index (χ1) is 17.3. The van der Waals surface area contributed by atoms with Crippen LogP contribution < -0.4 is 0 Å². The molecule has 0 bridgehead atoms. The van der Waals surface area contributed by atoms with E-state index in [1.54, 1.807) is 0 Å². The van der Waals surface area contributed by atoms with E-state index in [1.165, 1.54) is 51.4 Å². The molecular formula is C25H48O11. The Bertz CT molecular complexity index is 564. The maximum atomic E-state index is 10.6. The lowest BCUT2D eigenvalue weighted by atomic mass is 9.97. The second-order valence-electron chi connectivity index (χ2n) is 9.91. The van der Waals surface area contributed by atoms with Gasteiger partial charge in [0.2, 0.25) is 0 Å². The molecule has 0 amide bonds. The summed E-state index contributed by atoms with van der Waals surface area (Å²) in [6, 6.07) is 0. The molecule has 2 aliphatic heterocycles. The lowest BCUT2D eigenvalue weighted by Crippen LogP contribution is -2.64. The zero-order valence-corrected chi connectivity index (χ0v) is 21.4. The number of aliphatic hydroxyl groups is 7. The van der Waals surface area contributed by atoms with E-state index in [0.29, 0.717) is 6.61 Å². The molecule has 0 aromatic carbocycles. The van der Waals surface area contributed by atoms with Crippen LogP contribution in [0, 0.1) is 0 Å². The van der Waals surface area contributed by atoms with Crippen molar-refractivity contribution in [3.05, 3.63) is 0 Å². The molecule has 0 aliphatic carbocycles. The molecule has 0 unspecified atom stereocenters. The fourth-order valence-electron chi connectivity index (χ4n) is 4.66. The molecule has 7 N–H and O–H groups in total. The van der Waals surface area contributed by atoms with Gasteiger partial charge in [-0.05, 0) is 6.42 Å². The summed E-state index contributed by atoms with van der Waals surface area (Å²) in [5.74, 6) is 0. The average molecular weight is 525 g/mol. The van der Waals surface area contributed by atoms with Crippen molar-refractivity contribution in [2.45, 2.75) is 139 Å². The van der Waals surface area contributed by atoms with Gasteiger partial charge in [-0.15, -0.1) is 0 Å². The highest BCUT2D eigenvalue weighted by atomic mass is 16.7. The Morgan fingerprint density at radius 1 is 0.556 bits per heavy atom. The van der Waals surface area contributed by atoms with Gasteiger partial charge in [0.15, 0.2) is 12.6 Å². The number of aliphatic hydroxyl groups excluding tert-OH is 7. The summed E-state index contributed by atoms with van der Waals surface area (Å²) in [7, 11) is 0. The van der Waals surface area contributed by atoms with Gasteiger partial charge < -0.3 is 54.7 Å². The van der Waals surface area contributed by atoms with Gasteiger partial charge in [0.1, 0.15) is 48.8 Å². The van der Waals surface area contributed by atoms with E-state index < -0.39 is 74.6 Å². The van der Waals surface area contributed by atoms with E-state index in [2.05, 4.69) is 6.92 Å². The van der Waals surface area contributed by atoms with Crippen molar-refractivity contribution < 1.29 is 54.7 Å². The Kier molecular flexibility index (Phi) is 15.2. The standard InChI is InChI=1S/C25H48O11/c1-2-3-4-5-6-7-8-9-10-11-12-13-33-24-22(32)20(30)23(17(15-27)35-24)36-25-21(31)19(29)18(28)16(14-26)34-25/h16-32H,2-15H2,1H3/t16-,17+,18-,19+,20+,21-,22+,23+,24+,25-/m0/s1. The van der Waals surface area contributed by atoms with Crippen LogP contribution in [0.25, 0.3) is 0 Å². The fraction of sp³-hybridized carbons (Fsp3) is 1.00. The molecule has 0 saturated carbocycles. The van der Waals surface area contributed by atoms with Gasteiger partial charge in [0.25, 0.3) is 0 Å². The third-order valence-electron chi connectivity index (χ3n) is 6.99. The van der Waals surface area contributed by atoms with Gasteiger partial charge in [-0.1, -0.05) is 71.1 Å². The monoisotopic (exact) mass is 524 g/mol. The summed E-state index contributed by atoms with van der Waals surface area (Å²) in [6.45, 7) is 1.32. The van der Waals surface area contributed by atoms with Crippen molar-refractivity contribution in [3.8, 4) is 0 Å². The molecule has 2 fully saturated rings. The molecule has 10 atom stereocenters. The van der Waals surface area contributed by atoms with Crippen LogP contribution in [0.4, 0.5) is 0 Å². The molecule has 2 heterocycles. The lowest BCUT2D eigenvalue weighted by molar-refractivity contribution is -0.359. The van der Waals surface area contributed by atoms with Crippen molar-refractivity contribution in [2.24, 2.45) is 0 Å². The largest absolute Gasteiger partial charge is 0.394 e. The van der Waals surface area contributed by atoms with Crippen molar-refractivity contribution >= 4 is 0 Å². The number of ether oxygens (including phenoxy) is 4. The molecule has 11 nitrogen and oxygen atoms in total. The maximum absolute atomic E-state index is 10.6. The van der Waals surface area contributed by atoms with Crippen LogP contribution in [-0.2, 0) is 18.9 Å². The van der Waals surface area contributed by atoms with E-state index >= 15 is 0 Å². The van der Waals surface area contributed by atoms with Crippen molar-refractivity contribution in [2.75, 3.05) is 19.8 Å². The Morgan fingerprint density at radius 3 is 1.61 bits per heavy atom. The van der Waals surface area contributed by atoms with E-state index in [-0.39, 0.29) is 0 Å². The molecule has 2 aliphatic rings. The summed E-state index contributed by atoms with van der Waals surface area (Å²) in [6.07, 6.45) is -1.24. The normalized spacial score (nSPS) is 37.3. The van der Waals surface area contributed by atoms with E-state index in [4.69, 9.17) is 18.9 Å². The van der Waals surface area contributed by atoms with Crippen LogP contribution in [0.3, 0.4) is 0 Å². The van der Waals surface area contributed by atoms with Crippen LogP contribution in [0.1, 0.15) is 77.6 Å². The highest BCUT2D eigenvalue weighted by Gasteiger charge is 2.50. The first-order valence-electron chi connectivity index (χ1n) is 13.6.